The second-order valence-corrected chi connectivity index (χ2v) is 3.43. The van der Waals surface area contributed by atoms with E-state index in [4.69, 9.17) is 10.2 Å². The van der Waals surface area contributed by atoms with Gasteiger partial charge in [-0.2, -0.15) is 0 Å². The first-order chi connectivity index (χ1) is 6.68. The van der Waals surface area contributed by atoms with E-state index in [2.05, 4.69) is 0 Å². The molecule has 2 aromatic carbocycles. The van der Waals surface area contributed by atoms with Gasteiger partial charge in [-0.25, -0.2) is 0 Å². The van der Waals surface area contributed by atoms with Gasteiger partial charge in [-0.05, 0) is 29.3 Å². The highest BCUT2D eigenvalue weighted by atomic mass is 16.5. The molecular formula is C12H12O2. The Hall–Kier alpha value is -1.38. The molecule has 0 heterocycles. The third-order valence-corrected chi connectivity index (χ3v) is 2.41. The fourth-order valence-corrected chi connectivity index (χ4v) is 1.65. The van der Waals surface area contributed by atoms with E-state index in [-0.39, 0.29) is 0 Å². The third-order valence-electron chi connectivity index (χ3n) is 2.41. The second kappa shape index (κ2) is 3.40. The van der Waals surface area contributed by atoms with Crippen molar-refractivity contribution in [1.82, 2.24) is 0 Å². The molecule has 0 atom stereocenters. The van der Waals surface area contributed by atoms with Crippen LogP contribution in [0.5, 0.6) is 0 Å². The Morgan fingerprint density at radius 3 is 2.14 bits per heavy atom. The van der Waals surface area contributed by atoms with Crippen LogP contribution in [0.25, 0.3) is 10.8 Å². The van der Waals surface area contributed by atoms with Crippen molar-refractivity contribution in [2.24, 2.45) is 0 Å². The summed E-state index contributed by atoms with van der Waals surface area (Å²) in [5, 5.41) is 20.4. The number of hydrogen-bond acceptors (Lipinski definition) is 2. The first kappa shape index (κ1) is 9.19. The van der Waals surface area contributed by atoms with Crippen molar-refractivity contribution >= 4 is 10.8 Å². The molecule has 14 heavy (non-hydrogen) atoms. The molecule has 2 aromatic rings. The summed E-state index contributed by atoms with van der Waals surface area (Å²) in [6.45, 7) is 1.88. The highest BCUT2D eigenvalue weighted by Gasteiger charge is 2.07. The van der Waals surface area contributed by atoms with Crippen LogP contribution in [0.3, 0.4) is 0 Å². The monoisotopic (exact) mass is 188 g/mol. The summed E-state index contributed by atoms with van der Waals surface area (Å²) in [5.74, 6) is 0. The number of aliphatic hydroxyl groups is 2. The predicted octanol–water partition coefficient (Wildman–Crippen LogP) is 2.13. The van der Waals surface area contributed by atoms with Crippen LogP contribution >= 0.6 is 0 Å². The van der Waals surface area contributed by atoms with Gasteiger partial charge in [0.15, 0.2) is 6.29 Å². The van der Waals surface area contributed by atoms with Gasteiger partial charge >= 0.3 is 0 Å². The molecule has 72 valence electrons. The van der Waals surface area contributed by atoms with Gasteiger partial charge in [-0.15, -0.1) is 0 Å². The Morgan fingerprint density at radius 2 is 1.57 bits per heavy atom. The molecule has 2 heteroatoms. The van der Waals surface area contributed by atoms with Gasteiger partial charge in [0.1, 0.15) is 0 Å². The molecule has 0 amide bonds. The van der Waals surface area contributed by atoms with Crippen LogP contribution < -0.4 is 0 Å². The van der Waals surface area contributed by atoms with E-state index in [1.165, 1.54) is 0 Å². The standard InChI is InChI=1S/C12H12O2/c1-8-6-9-4-2-3-5-10(9)7-11(8)12(13)14/h2-7,12-14H,1H3. The molecule has 0 aliphatic carbocycles. The van der Waals surface area contributed by atoms with Gasteiger partial charge in [0, 0.05) is 5.56 Å². The molecule has 0 radical (unpaired) electrons. The topological polar surface area (TPSA) is 40.5 Å². The van der Waals surface area contributed by atoms with Crippen LogP contribution in [-0.2, 0) is 0 Å². The van der Waals surface area contributed by atoms with Gasteiger partial charge in [0.25, 0.3) is 0 Å². The summed E-state index contributed by atoms with van der Waals surface area (Å²) in [4.78, 5) is 0. The number of fused-ring (bicyclic) bond motifs is 1. The zero-order valence-corrected chi connectivity index (χ0v) is 7.94. The summed E-state index contributed by atoms with van der Waals surface area (Å²) in [6, 6.07) is 11.7. The van der Waals surface area contributed by atoms with Gasteiger partial charge in [0.2, 0.25) is 0 Å². The summed E-state index contributed by atoms with van der Waals surface area (Å²) >= 11 is 0. The lowest BCUT2D eigenvalue weighted by atomic mass is 10.0. The highest BCUT2D eigenvalue weighted by molar-refractivity contribution is 5.84. The molecule has 0 saturated heterocycles. The van der Waals surface area contributed by atoms with Gasteiger partial charge in [-0.3, -0.25) is 0 Å². The summed E-state index contributed by atoms with van der Waals surface area (Å²) in [7, 11) is 0. The van der Waals surface area contributed by atoms with E-state index in [9.17, 15) is 0 Å². The van der Waals surface area contributed by atoms with Crippen molar-refractivity contribution < 1.29 is 10.2 Å². The van der Waals surface area contributed by atoms with Crippen LogP contribution in [0.15, 0.2) is 36.4 Å². The molecule has 0 aliphatic heterocycles. The SMILES string of the molecule is Cc1cc2ccccc2cc1C(O)O. The number of hydrogen-bond donors (Lipinski definition) is 2. The number of rotatable bonds is 1. The Balaban J connectivity index is 2.71. The van der Waals surface area contributed by atoms with Crippen LogP contribution in [0.2, 0.25) is 0 Å². The lowest BCUT2D eigenvalue weighted by Gasteiger charge is -2.09. The molecule has 0 unspecified atom stereocenters. The Bertz CT molecular complexity index is 461. The van der Waals surface area contributed by atoms with E-state index in [0.29, 0.717) is 5.56 Å². The fourth-order valence-electron chi connectivity index (χ4n) is 1.65. The second-order valence-electron chi connectivity index (χ2n) is 3.43. The predicted molar refractivity (Wildman–Crippen MR) is 55.9 cm³/mol. The van der Waals surface area contributed by atoms with Crippen molar-refractivity contribution in [1.29, 1.82) is 0 Å². The largest absolute Gasteiger partial charge is 0.364 e. The minimum atomic E-state index is -1.39. The third kappa shape index (κ3) is 1.50. The Morgan fingerprint density at radius 1 is 1.00 bits per heavy atom. The molecule has 0 aromatic heterocycles. The summed E-state index contributed by atoms with van der Waals surface area (Å²) < 4.78 is 0. The average Bonchev–Trinajstić information content (AvgIpc) is 2.16. The van der Waals surface area contributed by atoms with Crippen molar-refractivity contribution in [2.75, 3.05) is 0 Å². The average molecular weight is 188 g/mol. The minimum Gasteiger partial charge on any atom is -0.364 e. The van der Waals surface area contributed by atoms with Crippen molar-refractivity contribution in [3.8, 4) is 0 Å². The zero-order valence-electron chi connectivity index (χ0n) is 7.94. The molecule has 0 saturated carbocycles. The molecule has 0 spiro atoms. The summed E-state index contributed by atoms with van der Waals surface area (Å²) in [6.07, 6.45) is -1.39. The Labute approximate surface area is 82.4 Å². The van der Waals surface area contributed by atoms with Crippen LogP contribution in [-0.4, -0.2) is 10.2 Å². The van der Waals surface area contributed by atoms with Crippen LogP contribution in [0.1, 0.15) is 17.4 Å². The lowest BCUT2D eigenvalue weighted by Crippen LogP contribution is -1.97. The van der Waals surface area contributed by atoms with Crippen molar-refractivity contribution in [3.63, 3.8) is 0 Å². The molecule has 0 aliphatic rings. The molecule has 2 N–H and O–H groups in total. The molecule has 0 fully saturated rings. The minimum absolute atomic E-state index is 0.573. The summed E-state index contributed by atoms with van der Waals surface area (Å²) in [5.41, 5.74) is 1.47. The maximum atomic E-state index is 9.12. The molecular weight excluding hydrogens is 176 g/mol. The van der Waals surface area contributed by atoms with Crippen molar-refractivity contribution in [3.05, 3.63) is 47.5 Å². The van der Waals surface area contributed by atoms with Crippen molar-refractivity contribution in [2.45, 2.75) is 13.2 Å². The quantitative estimate of drug-likeness (QED) is 0.673. The molecule has 2 rings (SSSR count). The Kier molecular flexibility index (Phi) is 2.23. The van der Waals surface area contributed by atoms with Gasteiger partial charge in [-0.1, -0.05) is 30.3 Å². The normalized spacial score (nSPS) is 11.1. The number of aryl methyl sites for hydroxylation is 1. The van der Waals surface area contributed by atoms with E-state index in [0.717, 1.165) is 16.3 Å². The smallest absolute Gasteiger partial charge is 0.178 e. The maximum Gasteiger partial charge on any atom is 0.178 e. The van der Waals surface area contributed by atoms with Gasteiger partial charge < -0.3 is 10.2 Å². The van der Waals surface area contributed by atoms with Crippen LogP contribution in [0.4, 0.5) is 0 Å². The lowest BCUT2D eigenvalue weighted by molar-refractivity contribution is -0.0428. The van der Waals surface area contributed by atoms with Gasteiger partial charge in [0.05, 0.1) is 0 Å². The highest BCUT2D eigenvalue weighted by Crippen LogP contribution is 2.22. The molecule has 2 nitrogen and oxygen atoms in total. The van der Waals surface area contributed by atoms with E-state index >= 15 is 0 Å². The van der Waals surface area contributed by atoms with E-state index in [1.54, 1.807) is 0 Å². The van der Waals surface area contributed by atoms with E-state index < -0.39 is 6.29 Å². The first-order valence-electron chi connectivity index (χ1n) is 4.54. The fraction of sp³-hybridized carbons (Fsp3) is 0.167. The van der Waals surface area contributed by atoms with Crippen LogP contribution in [0, 0.1) is 6.92 Å². The maximum absolute atomic E-state index is 9.12. The molecule has 0 bridgehead atoms. The first-order valence-corrected chi connectivity index (χ1v) is 4.54. The van der Waals surface area contributed by atoms with E-state index in [1.807, 2.05) is 43.3 Å². The zero-order chi connectivity index (χ0) is 10.1. The number of aliphatic hydroxyl groups excluding tert-OH is 1. The number of benzene rings is 2.